The summed E-state index contributed by atoms with van der Waals surface area (Å²) in [5, 5.41) is 27.5. The van der Waals surface area contributed by atoms with E-state index in [2.05, 4.69) is 15.1 Å². The first-order valence-electron chi connectivity index (χ1n) is 9.58. The molecule has 5 atom stereocenters. The van der Waals surface area contributed by atoms with Crippen LogP contribution in [0.4, 0.5) is 5.82 Å². The molecule has 2 aliphatic rings. The van der Waals surface area contributed by atoms with Crippen molar-refractivity contribution in [3.05, 3.63) is 18.1 Å². The summed E-state index contributed by atoms with van der Waals surface area (Å²) in [6.07, 6.45) is -1.45. The van der Waals surface area contributed by atoms with E-state index in [0.717, 1.165) is 0 Å². The van der Waals surface area contributed by atoms with E-state index in [1.807, 2.05) is 0 Å². The predicted molar refractivity (Wildman–Crippen MR) is 106 cm³/mol. The Kier molecular flexibility index (Phi) is 5.10. The highest BCUT2D eigenvalue weighted by Crippen LogP contribution is 2.37. The number of nitrogens with zero attached hydrogens (tertiary/aromatic N) is 5. The van der Waals surface area contributed by atoms with Crippen LogP contribution in [0.3, 0.4) is 0 Å². The van der Waals surface area contributed by atoms with Gasteiger partial charge < -0.3 is 35.7 Å². The van der Waals surface area contributed by atoms with E-state index < -0.39 is 36.6 Å². The van der Waals surface area contributed by atoms with Crippen molar-refractivity contribution in [3.63, 3.8) is 0 Å². The lowest BCUT2D eigenvalue weighted by Crippen LogP contribution is -2.40. The summed E-state index contributed by atoms with van der Waals surface area (Å²) in [7, 11) is 1.71. The van der Waals surface area contributed by atoms with Gasteiger partial charge in [-0.2, -0.15) is 5.10 Å². The van der Waals surface area contributed by atoms with Crippen LogP contribution in [-0.2, 0) is 14.3 Å². The van der Waals surface area contributed by atoms with Gasteiger partial charge in [0.25, 0.3) is 0 Å². The second-order valence-electron chi connectivity index (χ2n) is 7.80. The largest absolute Gasteiger partial charge is 0.462 e. The monoisotopic (exact) mass is 419 g/mol. The first-order chi connectivity index (χ1) is 14.2. The fraction of sp³-hybridized carbons (Fsp3) is 0.556. The van der Waals surface area contributed by atoms with Crippen LogP contribution in [0.15, 0.2) is 17.6 Å². The number of aliphatic hydroxyl groups is 2. The molecule has 162 valence electrons. The molecule has 0 bridgehead atoms. The summed E-state index contributed by atoms with van der Waals surface area (Å²) < 4.78 is 12.6. The number of carbonyl (C=O) groups is 1. The van der Waals surface area contributed by atoms with Crippen molar-refractivity contribution in [1.29, 1.82) is 0 Å². The van der Waals surface area contributed by atoms with Crippen molar-refractivity contribution < 1.29 is 24.5 Å². The summed E-state index contributed by atoms with van der Waals surface area (Å²) in [4.78, 5) is 20.5. The number of anilines is 1. The minimum absolute atomic E-state index is 0.0940. The number of ether oxygens (including phenoxy) is 2. The smallest absolute Gasteiger partial charge is 0.323 e. The van der Waals surface area contributed by atoms with Crippen molar-refractivity contribution in [3.8, 4) is 0 Å². The minimum Gasteiger partial charge on any atom is -0.462 e. The van der Waals surface area contributed by atoms with Crippen LogP contribution in [0.25, 0.3) is 11.0 Å². The highest BCUT2D eigenvalue weighted by Gasteiger charge is 2.45. The lowest BCUT2D eigenvalue weighted by atomic mass is 10.1. The summed E-state index contributed by atoms with van der Waals surface area (Å²) in [5.74, 6) is 0.139. The molecule has 2 aromatic heterocycles. The molecule has 0 amide bonds. The number of carbonyl (C=O) groups excluding carboxylic acids is 1. The van der Waals surface area contributed by atoms with E-state index in [4.69, 9.17) is 20.9 Å². The number of esters is 1. The molecule has 12 heteroatoms. The van der Waals surface area contributed by atoms with Crippen molar-refractivity contribution in [2.45, 2.75) is 44.4 Å². The van der Waals surface area contributed by atoms with Crippen LogP contribution in [0.2, 0.25) is 0 Å². The van der Waals surface area contributed by atoms with Crippen LogP contribution < -0.4 is 16.5 Å². The molecule has 2 aromatic rings. The number of rotatable bonds is 5. The van der Waals surface area contributed by atoms with Gasteiger partial charge in [-0.15, -0.1) is 0 Å². The molecule has 1 saturated heterocycles. The van der Waals surface area contributed by atoms with Gasteiger partial charge in [0.15, 0.2) is 17.9 Å². The fourth-order valence-electron chi connectivity index (χ4n) is 3.59. The Morgan fingerprint density at radius 2 is 2.07 bits per heavy atom. The van der Waals surface area contributed by atoms with E-state index in [-0.39, 0.29) is 18.4 Å². The molecule has 2 aliphatic heterocycles. The topological polar surface area (TPSA) is 174 Å². The lowest BCUT2D eigenvalue weighted by molar-refractivity contribution is -0.152. The summed E-state index contributed by atoms with van der Waals surface area (Å²) in [6.45, 7) is 3.36. The Hall–Kier alpha value is -2.80. The van der Waals surface area contributed by atoms with Crippen molar-refractivity contribution >= 4 is 28.7 Å². The minimum atomic E-state index is -1.29. The van der Waals surface area contributed by atoms with Gasteiger partial charge in [0.1, 0.15) is 42.9 Å². The number of amidine groups is 1. The van der Waals surface area contributed by atoms with E-state index in [1.54, 1.807) is 31.7 Å². The molecule has 0 saturated carbocycles. The van der Waals surface area contributed by atoms with Gasteiger partial charge in [0.05, 0.1) is 5.39 Å². The van der Waals surface area contributed by atoms with Crippen LogP contribution in [0, 0.1) is 5.92 Å². The molecule has 1 fully saturated rings. The number of hydrazone groups is 1. The fourth-order valence-corrected chi connectivity index (χ4v) is 3.59. The van der Waals surface area contributed by atoms with Crippen LogP contribution in [0.5, 0.6) is 0 Å². The predicted octanol–water partition coefficient (Wildman–Crippen LogP) is -1.35. The number of nitrogens with two attached hydrogens (primary N) is 2. The Bertz CT molecular complexity index is 1010. The molecule has 4 rings (SSSR count). The van der Waals surface area contributed by atoms with Crippen LogP contribution in [0.1, 0.15) is 25.6 Å². The van der Waals surface area contributed by atoms with Gasteiger partial charge in [0.2, 0.25) is 0 Å². The number of aromatic nitrogens is 3. The zero-order valence-corrected chi connectivity index (χ0v) is 16.8. The third-order valence-corrected chi connectivity index (χ3v) is 5.42. The lowest BCUT2D eigenvalue weighted by Gasteiger charge is -2.19. The van der Waals surface area contributed by atoms with E-state index in [1.165, 1.54) is 11.3 Å². The highest BCUT2D eigenvalue weighted by molar-refractivity contribution is 6.13. The molecule has 12 nitrogen and oxygen atoms in total. The van der Waals surface area contributed by atoms with Crippen LogP contribution in [-0.4, -0.2) is 74.6 Å². The normalized spacial score (nSPS) is 26.9. The van der Waals surface area contributed by atoms with Gasteiger partial charge in [-0.1, -0.05) is 13.8 Å². The highest BCUT2D eigenvalue weighted by atomic mass is 16.6. The first kappa shape index (κ1) is 20.5. The number of hydrogen-bond acceptors (Lipinski definition) is 11. The molecule has 0 unspecified atom stereocenters. The maximum Gasteiger partial charge on any atom is 0.323 e. The Balaban J connectivity index is 1.60. The average Bonchev–Trinajstić information content (AvgIpc) is 3.23. The van der Waals surface area contributed by atoms with Crippen LogP contribution >= 0.6 is 0 Å². The first-order valence-corrected chi connectivity index (χ1v) is 9.58. The molecule has 30 heavy (non-hydrogen) atoms. The van der Waals surface area contributed by atoms with E-state index in [0.29, 0.717) is 22.4 Å². The third kappa shape index (κ3) is 3.17. The van der Waals surface area contributed by atoms with Gasteiger partial charge in [-0.05, 0) is 5.92 Å². The second kappa shape index (κ2) is 7.47. The maximum atomic E-state index is 12.0. The van der Waals surface area contributed by atoms with Crippen molar-refractivity contribution in [2.75, 3.05) is 18.7 Å². The van der Waals surface area contributed by atoms with Crippen molar-refractivity contribution in [2.24, 2.45) is 22.5 Å². The molecular weight excluding hydrogens is 394 g/mol. The number of aliphatic hydroxyl groups excluding tert-OH is 2. The Morgan fingerprint density at radius 1 is 1.33 bits per heavy atom. The standard InChI is InChI=1S/C18H25N7O5/c1-7(2)11(19)18(28)29-5-9-12(26)13(27)17(30-9)25-4-8-10-15(21-6-22-16(10)25)24(3)23-14(8)20/h4,6-7,9,11-13,17,26-27H,5,19H2,1-3H3,(H2,20,23)/t9-,11+,12-,13-,17-/m1/s1. The summed E-state index contributed by atoms with van der Waals surface area (Å²) >= 11 is 0. The maximum absolute atomic E-state index is 12.0. The summed E-state index contributed by atoms with van der Waals surface area (Å²) in [6, 6.07) is -0.781. The van der Waals surface area contributed by atoms with Gasteiger partial charge >= 0.3 is 5.97 Å². The Morgan fingerprint density at radius 3 is 2.77 bits per heavy atom. The quantitative estimate of drug-likeness (QED) is 0.424. The molecule has 0 aromatic carbocycles. The summed E-state index contributed by atoms with van der Waals surface area (Å²) in [5.41, 5.74) is 12.9. The van der Waals surface area contributed by atoms with Gasteiger partial charge in [0, 0.05) is 18.8 Å². The average molecular weight is 419 g/mol. The van der Waals surface area contributed by atoms with Crippen molar-refractivity contribution in [1.82, 2.24) is 14.5 Å². The molecule has 6 N–H and O–H groups in total. The molecule has 0 spiro atoms. The molecule has 0 aliphatic carbocycles. The molecular formula is C18H25N7O5. The molecule has 4 heterocycles. The zero-order chi connectivity index (χ0) is 21.7. The second-order valence-corrected chi connectivity index (χ2v) is 7.80. The third-order valence-electron chi connectivity index (χ3n) is 5.42. The van der Waals surface area contributed by atoms with Gasteiger partial charge in [-0.25, -0.2) is 15.0 Å². The molecule has 0 radical (unpaired) electrons. The Labute approximate surface area is 172 Å². The van der Waals surface area contributed by atoms with Gasteiger partial charge in [-0.3, -0.25) is 4.79 Å². The zero-order valence-electron chi connectivity index (χ0n) is 16.8. The van der Waals surface area contributed by atoms with E-state index in [9.17, 15) is 15.0 Å². The van der Waals surface area contributed by atoms with E-state index >= 15 is 0 Å². The number of hydrogen-bond donors (Lipinski definition) is 4. The SMILES string of the molecule is CC(C)[C@H](N)C(=O)OC[C@H]1O[C@@H](n2cc3c4c(ncnc42)N(C)N=C3N)[C@H](O)[C@@H]1O.